The molecule has 0 spiro atoms. The van der Waals surface area contributed by atoms with Gasteiger partial charge in [0.05, 0.1) is 31.3 Å². The quantitative estimate of drug-likeness (QED) is 0.447. The smallest absolute Gasteiger partial charge is 0.358 e. The predicted molar refractivity (Wildman–Crippen MR) is 75.1 cm³/mol. The number of methoxy groups -OCH3 is 2. The zero-order chi connectivity index (χ0) is 17.0. The Balaban J connectivity index is 2.47. The van der Waals surface area contributed by atoms with E-state index < -0.39 is 16.9 Å². The van der Waals surface area contributed by atoms with Crippen molar-refractivity contribution in [2.75, 3.05) is 14.2 Å². The molecule has 0 fully saturated rings. The van der Waals surface area contributed by atoms with Gasteiger partial charge >= 0.3 is 11.9 Å². The number of carbonyl (C=O) groups is 2. The minimum atomic E-state index is -0.743. The summed E-state index contributed by atoms with van der Waals surface area (Å²) in [4.78, 5) is 33.5. The predicted octanol–water partition coefficient (Wildman–Crippen LogP) is 0.678. The second-order valence-corrected chi connectivity index (χ2v) is 4.31. The fraction of sp³-hybridized carbons (Fsp3) is 0.231. The number of nitro groups is 1. The Morgan fingerprint density at radius 3 is 2.39 bits per heavy atom. The van der Waals surface area contributed by atoms with Gasteiger partial charge in [-0.05, 0) is 12.1 Å². The molecule has 1 heterocycles. The van der Waals surface area contributed by atoms with Gasteiger partial charge < -0.3 is 9.47 Å². The summed E-state index contributed by atoms with van der Waals surface area (Å²) in [5.41, 5.74) is 0.289. The van der Waals surface area contributed by atoms with Crippen LogP contribution < -0.4 is 0 Å². The van der Waals surface area contributed by atoms with Crippen molar-refractivity contribution < 1.29 is 24.0 Å². The van der Waals surface area contributed by atoms with Crippen molar-refractivity contribution >= 4 is 17.6 Å². The molecule has 0 aliphatic rings. The summed E-state index contributed by atoms with van der Waals surface area (Å²) in [7, 11) is 2.39. The molecule has 120 valence electrons. The van der Waals surface area contributed by atoms with Crippen molar-refractivity contribution in [3.63, 3.8) is 0 Å². The fourth-order valence-electron chi connectivity index (χ4n) is 1.84. The molecule has 0 N–H and O–H groups in total. The summed E-state index contributed by atoms with van der Waals surface area (Å²) >= 11 is 0. The Morgan fingerprint density at radius 1 is 1.22 bits per heavy atom. The first-order valence-corrected chi connectivity index (χ1v) is 6.32. The van der Waals surface area contributed by atoms with Crippen LogP contribution >= 0.6 is 0 Å². The second kappa shape index (κ2) is 6.64. The Kier molecular flexibility index (Phi) is 4.64. The molecule has 0 radical (unpaired) electrons. The highest BCUT2D eigenvalue weighted by atomic mass is 16.6. The van der Waals surface area contributed by atoms with Crippen LogP contribution in [-0.2, 0) is 20.7 Å². The van der Waals surface area contributed by atoms with Crippen LogP contribution in [0.3, 0.4) is 0 Å². The van der Waals surface area contributed by atoms with Gasteiger partial charge in [-0.3, -0.25) is 14.9 Å². The van der Waals surface area contributed by atoms with E-state index in [4.69, 9.17) is 0 Å². The van der Waals surface area contributed by atoms with E-state index in [1.807, 2.05) is 0 Å². The number of non-ortho nitro benzene ring substituents is 1. The van der Waals surface area contributed by atoms with Crippen molar-refractivity contribution in [1.29, 1.82) is 0 Å². The largest absolute Gasteiger partial charge is 0.469 e. The molecule has 0 bridgehead atoms. The van der Waals surface area contributed by atoms with Crippen LogP contribution in [0.15, 0.2) is 24.3 Å². The Labute approximate surface area is 129 Å². The maximum Gasteiger partial charge on any atom is 0.358 e. The summed E-state index contributed by atoms with van der Waals surface area (Å²) in [6.45, 7) is 0. The van der Waals surface area contributed by atoms with Gasteiger partial charge in [-0.2, -0.15) is 0 Å². The molecule has 1 aromatic heterocycles. The van der Waals surface area contributed by atoms with Crippen LogP contribution in [0.1, 0.15) is 16.2 Å². The highest BCUT2D eigenvalue weighted by Crippen LogP contribution is 2.18. The average Bonchev–Trinajstić information content (AvgIpc) is 2.97. The molecule has 10 nitrogen and oxygen atoms in total. The zero-order valence-electron chi connectivity index (χ0n) is 12.3. The minimum Gasteiger partial charge on any atom is -0.469 e. The first-order valence-electron chi connectivity index (χ1n) is 6.32. The lowest BCUT2D eigenvalue weighted by Crippen LogP contribution is -2.14. The van der Waals surface area contributed by atoms with Crippen molar-refractivity contribution in [3.8, 4) is 5.69 Å². The molecule has 0 saturated carbocycles. The molecule has 10 heteroatoms. The lowest BCUT2D eigenvalue weighted by Gasteiger charge is -2.06. The molecule has 0 aliphatic carbocycles. The topological polar surface area (TPSA) is 126 Å². The molecule has 0 aliphatic heterocycles. The van der Waals surface area contributed by atoms with E-state index in [-0.39, 0.29) is 23.5 Å². The van der Waals surface area contributed by atoms with Crippen LogP contribution in [0.5, 0.6) is 0 Å². The van der Waals surface area contributed by atoms with Crippen LogP contribution in [0.25, 0.3) is 5.69 Å². The van der Waals surface area contributed by atoms with Crippen LogP contribution in [-0.4, -0.2) is 46.1 Å². The number of esters is 2. The van der Waals surface area contributed by atoms with Crippen molar-refractivity contribution in [3.05, 3.63) is 45.8 Å². The molecular weight excluding hydrogens is 308 g/mol. The number of carbonyl (C=O) groups excluding carboxylic acids is 2. The van der Waals surface area contributed by atoms with Gasteiger partial charge in [0.1, 0.15) is 5.69 Å². The summed E-state index contributed by atoms with van der Waals surface area (Å²) in [5, 5.41) is 18.3. The van der Waals surface area contributed by atoms with Gasteiger partial charge in [0, 0.05) is 12.1 Å². The summed E-state index contributed by atoms with van der Waals surface area (Å²) < 4.78 is 10.4. The second-order valence-electron chi connectivity index (χ2n) is 4.31. The number of benzene rings is 1. The molecule has 1 aromatic carbocycles. The maximum absolute atomic E-state index is 12.0. The van der Waals surface area contributed by atoms with Gasteiger partial charge in [0.25, 0.3) is 5.69 Å². The van der Waals surface area contributed by atoms with Crippen molar-refractivity contribution in [2.24, 2.45) is 0 Å². The molecular formula is C13H12N4O6. The maximum atomic E-state index is 12.0. The number of rotatable bonds is 5. The van der Waals surface area contributed by atoms with E-state index in [0.29, 0.717) is 5.69 Å². The van der Waals surface area contributed by atoms with E-state index in [1.165, 1.54) is 38.5 Å². The summed E-state index contributed by atoms with van der Waals surface area (Å²) in [6.07, 6.45) is -0.256. The van der Waals surface area contributed by atoms with E-state index in [0.717, 1.165) is 4.68 Å². The minimum absolute atomic E-state index is 0.0493. The van der Waals surface area contributed by atoms with E-state index in [1.54, 1.807) is 0 Å². The van der Waals surface area contributed by atoms with Gasteiger partial charge in [0.2, 0.25) is 0 Å². The lowest BCUT2D eigenvalue weighted by atomic mass is 10.2. The molecule has 2 rings (SSSR count). The zero-order valence-corrected chi connectivity index (χ0v) is 12.3. The summed E-state index contributed by atoms with van der Waals surface area (Å²) in [6, 6.07) is 5.33. The van der Waals surface area contributed by atoms with E-state index in [9.17, 15) is 19.7 Å². The Morgan fingerprint density at radius 2 is 1.87 bits per heavy atom. The van der Waals surface area contributed by atoms with Gasteiger partial charge in [-0.15, -0.1) is 5.10 Å². The van der Waals surface area contributed by atoms with Gasteiger partial charge in [-0.1, -0.05) is 5.21 Å². The van der Waals surface area contributed by atoms with Crippen LogP contribution in [0.2, 0.25) is 0 Å². The molecule has 0 unspecified atom stereocenters. The molecule has 2 aromatic rings. The van der Waals surface area contributed by atoms with E-state index in [2.05, 4.69) is 19.8 Å². The first-order chi connectivity index (χ1) is 11.0. The Hall–Kier alpha value is -3.30. The average molecular weight is 320 g/mol. The Bertz CT molecular complexity index is 752. The normalized spacial score (nSPS) is 10.2. The van der Waals surface area contributed by atoms with Gasteiger partial charge in [0.15, 0.2) is 5.69 Å². The SMILES string of the molecule is COC(=O)Cc1nnn(-c2ccc([N+](=O)[O-])cc2)c1C(=O)OC. The van der Waals surface area contributed by atoms with E-state index >= 15 is 0 Å². The molecule has 0 atom stereocenters. The number of nitro benzene ring substituents is 1. The van der Waals surface area contributed by atoms with Crippen molar-refractivity contribution in [2.45, 2.75) is 6.42 Å². The third-order valence-electron chi connectivity index (χ3n) is 2.96. The third kappa shape index (κ3) is 3.31. The lowest BCUT2D eigenvalue weighted by molar-refractivity contribution is -0.384. The van der Waals surface area contributed by atoms with Crippen molar-refractivity contribution in [1.82, 2.24) is 15.0 Å². The highest BCUT2D eigenvalue weighted by Gasteiger charge is 2.24. The van der Waals surface area contributed by atoms with Gasteiger partial charge in [-0.25, -0.2) is 9.48 Å². The number of aromatic nitrogens is 3. The number of nitrogens with zero attached hydrogens (tertiary/aromatic N) is 4. The molecule has 0 saturated heterocycles. The first kappa shape index (κ1) is 16.1. The van der Waals surface area contributed by atoms with Crippen LogP contribution in [0.4, 0.5) is 5.69 Å². The van der Waals surface area contributed by atoms with Crippen LogP contribution in [0, 0.1) is 10.1 Å². The molecule has 23 heavy (non-hydrogen) atoms. The molecule has 0 amide bonds. The number of ether oxygens (including phenoxy) is 2. The number of hydrogen-bond donors (Lipinski definition) is 0. The monoisotopic (exact) mass is 320 g/mol. The highest BCUT2D eigenvalue weighted by molar-refractivity contribution is 5.90. The summed E-state index contributed by atoms with van der Waals surface area (Å²) in [5.74, 6) is -1.34. The number of hydrogen-bond acceptors (Lipinski definition) is 8. The third-order valence-corrected chi connectivity index (χ3v) is 2.96. The fourth-order valence-corrected chi connectivity index (χ4v) is 1.84. The standard InChI is InChI=1S/C13H12N4O6/c1-22-11(18)7-10-12(13(19)23-2)16(15-14-10)8-3-5-9(6-4-8)17(20)21/h3-6H,7H2,1-2H3.